The Hall–Kier alpha value is -2.06. The van der Waals surface area contributed by atoms with Gasteiger partial charge in [0.25, 0.3) is 0 Å². The van der Waals surface area contributed by atoms with Gasteiger partial charge < -0.3 is 10.1 Å². The van der Waals surface area contributed by atoms with Crippen LogP contribution in [0.25, 0.3) is 0 Å². The van der Waals surface area contributed by atoms with Crippen molar-refractivity contribution in [1.82, 2.24) is 0 Å². The summed E-state index contributed by atoms with van der Waals surface area (Å²) in [7, 11) is 1.51. The van der Waals surface area contributed by atoms with Crippen molar-refractivity contribution in [3.05, 3.63) is 57.8 Å². The fourth-order valence-electron chi connectivity index (χ4n) is 1.80. The molecule has 2 aromatic rings. The highest BCUT2D eigenvalue weighted by Crippen LogP contribution is 2.26. The van der Waals surface area contributed by atoms with Crippen LogP contribution < -0.4 is 10.1 Å². The topological polar surface area (TPSA) is 45.0 Å². The maximum absolute atomic E-state index is 13.7. The number of methoxy groups -OCH3 is 1. The molecule has 2 aromatic carbocycles. The summed E-state index contributed by atoms with van der Waals surface area (Å²) in [5.74, 6) is 0.194. The van der Waals surface area contributed by atoms with Gasteiger partial charge in [0.1, 0.15) is 17.6 Å². The molecule has 102 valence electrons. The molecule has 0 saturated heterocycles. The number of nitriles is 1. The van der Waals surface area contributed by atoms with Crippen molar-refractivity contribution >= 4 is 21.6 Å². The molecule has 1 N–H and O–H groups in total. The van der Waals surface area contributed by atoms with Gasteiger partial charge in [-0.05, 0) is 45.8 Å². The molecular formula is C15H12BrFN2O. The fraction of sp³-hybridized carbons (Fsp3) is 0.133. The second kappa shape index (κ2) is 6.40. The molecule has 20 heavy (non-hydrogen) atoms. The van der Waals surface area contributed by atoms with E-state index in [1.165, 1.54) is 13.2 Å². The largest absolute Gasteiger partial charge is 0.495 e. The molecule has 0 unspecified atom stereocenters. The third kappa shape index (κ3) is 3.09. The lowest BCUT2D eigenvalue weighted by Crippen LogP contribution is -2.03. The van der Waals surface area contributed by atoms with E-state index in [2.05, 4.69) is 27.3 Å². The summed E-state index contributed by atoms with van der Waals surface area (Å²) in [4.78, 5) is 0. The molecule has 3 nitrogen and oxygen atoms in total. The smallest absolute Gasteiger partial charge is 0.147 e. The van der Waals surface area contributed by atoms with Gasteiger partial charge in [-0.25, -0.2) is 4.39 Å². The van der Waals surface area contributed by atoms with E-state index in [-0.39, 0.29) is 5.82 Å². The molecule has 0 heterocycles. The van der Waals surface area contributed by atoms with E-state index >= 15 is 0 Å². The average Bonchev–Trinajstić information content (AvgIpc) is 2.46. The van der Waals surface area contributed by atoms with Gasteiger partial charge in [-0.1, -0.05) is 12.1 Å². The Morgan fingerprint density at radius 3 is 2.80 bits per heavy atom. The first kappa shape index (κ1) is 14.4. The number of halogens is 2. The van der Waals surface area contributed by atoms with Crippen LogP contribution in [0.5, 0.6) is 5.75 Å². The maximum atomic E-state index is 13.7. The van der Waals surface area contributed by atoms with E-state index < -0.39 is 0 Å². The molecule has 0 atom stereocenters. The van der Waals surface area contributed by atoms with Gasteiger partial charge in [-0.3, -0.25) is 0 Å². The molecule has 5 heteroatoms. The highest BCUT2D eigenvalue weighted by atomic mass is 79.9. The van der Waals surface area contributed by atoms with Crippen LogP contribution in [-0.2, 0) is 6.54 Å². The minimum Gasteiger partial charge on any atom is -0.495 e. The van der Waals surface area contributed by atoms with Crippen LogP contribution >= 0.6 is 15.9 Å². The predicted molar refractivity (Wildman–Crippen MR) is 79.1 cm³/mol. The normalized spacial score (nSPS) is 9.90. The lowest BCUT2D eigenvalue weighted by Gasteiger charge is -2.11. The Bertz CT molecular complexity index is 647. The minimum atomic E-state index is -0.319. The number of rotatable bonds is 4. The standard InChI is InChI=1S/C15H12BrFN2O/c1-20-14-7-10(5-6-11(14)8-18)9-19-15-12(16)3-2-4-13(15)17/h2-7,19H,9H2,1H3. The molecule has 0 fully saturated rings. The number of anilines is 1. The number of nitrogens with one attached hydrogen (secondary N) is 1. The zero-order valence-corrected chi connectivity index (χ0v) is 12.4. The molecule has 0 aliphatic rings. The summed E-state index contributed by atoms with van der Waals surface area (Å²) in [5, 5.41) is 11.9. The van der Waals surface area contributed by atoms with Gasteiger partial charge in [0.05, 0.1) is 18.4 Å². The van der Waals surface area contributed by atoms with Crippen molar-refractivity contribution in [2.24, 2.45) is 0 Å². The third-order valence-corrected chi connectivity index (χ3v) is 3.48. The fourth-order valence-corrected chi connectivity index (χ4v) is 2.28. The first-order valence-corrected chi connectivity index (χ1v) is 6.70. The lowest BCUT2D eigenvalue weighted by molar-refractivity contribution is 0.413. The van der Waals surface area contributed by atoms with Crippen LogP contribution in [0.15, 0.2) is 40.9 Å². The molecule has 0 aliphatic carbocycles. The van der Waals surface area contributed by atoms with Crippen LogP contribution in [-0.4, -0.2) is 7.11 Å². The van der Waals surface area contributed by atoms with E-state index in [1.807, 2.05) is 6.07 Å². The lowest BCUT2D eigenvalue weighted by atomic mass is 10.1. The van der Waals surface area contributed by atoms with E-state index in [4.69, 9.17) is 10.00 Å². The summed E-state index contributed by atoms with van der Waals surface area (Å²) >= 11 is 3.30. The number of hydrogen-bond donors (Lipinski definition) is 1. The molecule has 0 amide bonds. The van der Waals surface area contributed by atoms with Crippen molar-refractivity contribution in [2.45, 2.75) is 6.54 Å². The molecule has 0 bridgehead atoms. The number of para-hydroxylation sites is 1. The quantitative estimate of drug-likeness (QED) is 0.916. The van der Waals surface area contributed by atoms with E-state index in [1.54, 1.807) is 24.3 Å². The van der Waals surface area contributed by atoms with Crippen LogP contribution in [0.4, 0.5) is 10.1 Å². The summed E-state index contributed by atoms with van der Waals surface area (Å²) in [6.45, 7) is 0.432. The second-order valence-electron chi connectivity index (χ2n) is 4.10. The summed E-state index contributed by atoms with van der Waals surface area (Å²) in [6, 6.07) is 12.1. The van der Waals surface area contributed by atoms with Crippen LogP contribution in [0, 0.1) is 17.1 Å². The molecule has 2 rings (SSSR count). The van der Waals surface area contributed by atoms with Gasteiger partial charge in [0.2, 0.25) is 0 Å². The number of ether oxygens (including phenoxy) is 1. The van der Waals surface area contributed by atoms with Gasteiger partial charge in [0.15, 0.2) is 0 Å². The number of hydrogen-bond acceptors (Lipinski definition) is 3. The van der Waals surface area contributed by atoms with Crippen LogP contribution in [0.3, 0.4) is 0 Å². The Morgan fingerprint density at radius 2 is 2.15 bits per heavy atom. The Morgan fingerprint density at radius 1 is 1.35 bits per heavy atom. The third-order valence-electron chi connectivity index (χ3n) is 2.82. The van der Waals surface area contributed by atoms with Crippen molar-refractivity contribution in [3.8, 4) is 11.8 Å². The van der Waals surface area contributed by atoms with E-state index in [0.29, 0.717) is 28.0 Å². The van der Waals surface area contributed by atoms with Crippen LogP contribution in [0.1, 0.15) is 11.1 Å². The summed E-state index contributed by atoms with van der Waals surface area (Å²) in [6.07, 6.45) is 0. The molecular weight excluding hydrogens is 323 g/mol. The van der Waals surface area contributed by atoms with Gasteiger partial charge in [0, 0.05) is 11.0 Å². The number of nitrogens with zero attached hydrogens (tertiary/aromatic N) is 1. The van der Waals surface area contributed by atoms with Crippen molar-refractivity contribution in [1.29, 1.82) is 5.26 Å². The zero-order valence-electron chi connectivity index (χ0n) is 10.8. The van der Waals surface area contributed by atoms with Crippen molar-refractivity contribution in [3.63, 3.8) is 0 Å². The minimum absolute atomic E-state index is 0.319. The molecule has 0 radical (unpaired) electrons. The highest BCUT2D eigenvalue weighted by Gasteiger charge is 2.07. The van der Waals surface area contributed by atoms with Gasteiger partial charge in [-0.2, -0.15) is 5.26 Å². The SMILES string of the molecule is COc1cc(CNc2c(F)cccc2Br)ccc1C#N. The van der Waals surface area contributed by atoms with Crippen LogP contribution in [0.2, 0.25) is 0 Å². The monoisotopic (exact) mass is 334 g/mol. The highest BCUT2D eigenvalue weighted by molar-refractivity contribution is 9.10. The van der Waals surface area contributed by atoms with E-state index in [9.17, 15) is 4.39 Å². The maximum Gasteiger partial charge on any atom is 0.147 e. The molecule has 0 saturated carbocycles. The Labute approximate surface area is 125 Å². The summed E-state index contributed by atoms with van der Waals surface area (Å²) < 4.78 is 19.5. The van der Waals surface area contributed by atoms with Gasteiger partial charge in [-0.15, -0.1) is 0 Å². The Kier molecular flexibility index (Phi) is 4.59. The molecule has 0 aliphatic heterocycles. The molecule has 0 spiro atoms. The summed E-state index contributed by atoms with van der Waals surface area (Å²) in [5.41, 5.74) is 1.79. The number of benzene rings is 2. The van der Waals surface area contributed by atoms with E-state index in [0.717, 1.165) is 5.56 Å². The van der Waals surface area contributed by atoms with Crippen molar-refractivity contribution in [2.75, 3.05) is 12.4 Å². The van der Waals surface area contributed by atoms with Gasteiger partial charge >= 0.3 is 0 Å². The Balaban J connectivity index is 2.18. The first-order chi connectivity index (χ1) is 9.65. The first-order valence-electron chi connectivity index (χ1n) is 5.90. The molecule has 0 aromatic heterocycles. The average molecular weight is 335 g/mol. The van der Waals surface area contributed by atoms with Crippen molar-refractivity contribution < 1.29 is 9.13 Å². The predicted octanol–water partition coefficient (Wildman–Crippen LogP) is 4.08. The zero-order chi connectivity index (χ0) is 14.5. The second-order valence-corrected chi connectivity index (χ2v) is 4.95.